The van der Waals surface area contributed by atoms with Crippen LogP contribution in [0.1, 0.15) is 19.8 Å². The van der Waals surface area contributed by atoms with Gasteiger partial charge in [0.25, 0.3) is 0 Å². The second-order valence-corrected chi connectivity index (χ2v) is 5.69. The quantitative estimate of drug-likeness (QED) is 0.855. The maximum Gasteiger partial charge on any atom is 0.321 e. The Morgan fingerprint density at radius 1 is 1.30 bits per heavy atom. The minimum atomic E-state index is -0.149. The van der Waals surface area contributed by atoms with Crippen LogP contribution in [0.5, 0.6) is 0 Å². The number of hydrogen-bond donors (Lipinski definition) is 2. The first-order valence-electron chi connectivity index (χ1n) is 7.97. The first-order chi connectivity index (χ1) is 11.2. The van der Waals surface area contributed by atoms with Crippen LogP contribution in [0.2, 0.25) is 0 Å². The van der Waals surface area contributed by atoms with Crippen molar-refractivity contribution in [3.8, 4) is 0 Å². The van der Waals surface area contributed by atoms with Gasteiger partial charge in [0.2, 0.25) is 0 Å². The van der Waals surface area contributed by atoms with Crippen LogP contribution < -0.4 is 5.32 Å². The zero-order valence-electron chi connectivity index (χ0n) is 13.2. The number of anilines is 1. The number of carbonyl (C=O) groups excluding carboxylic acids is 2. The van der Waals surface area contributed by atoms with Gasteiger partial charge in [0, 0.05) is 30.2 Å². The molecule has 0 aliphatic carbocycles. The molecule has 122 valence electrons. The summed E-state index contributed by atoms with van der Waals surface area (Å²) < 4.78 is 5.05. The molecule has 1 aliphatic rings. The molecule has 1 aromatic carbocycles. The molecule has 1 aromatic heterocycles. The van der Waals surface area contributed by atoms with Crippen molar-refractivity contribution in [3.63, 3.8) is 0 Å². The number of amides is 2. The van der Waals surface area contributed by atoms with Crippen molar-refractivity contribution >= 4 is 28.6 Å². The first kappa shape index (κ1) is 15.4. The second kappa shape index (κ2) is 6.73. The Hall–Kier alpha value is -2.50. The van der Waals surface area contributed by atoms with Gasteiger partial charge in [-0.05, 0) is 25.8 Å². The minimum Gasteiger partial charge on any atom is -0.466 e. The molecule has 0 radical (unpaired) electrons. The average Bonchev–Trinajstić information content (AvgIpc) is 2.98. The van der Waals surface area contributed by atoms with Crippen LogP contribution in [0.25, 0.3) is 10.9 Å². The van der Waals surface area contributed by atoms with Crippen molar-refractivity contribution in [2.45, 2.75) is 19.8 Å². The number of carbonyl (C=O) groups is 2. The molecule has 2 aromatic rings. The monoisotopic (exact) mass is 315 g/mol. The summed E-state index contributed by atoms with van der Waals surface area (Å²) in [6.45, 7) is 3.34. The van der Waals surface area contributed by atoms with E-state index in [1.165, 1.54) is 0 Å². The van der Waals surface area contributed by atoms with Crippen molar-refractivity contribution in [3.05, 3.63) is 30.5 Å². The van der Waals surface area contributed by atoms with E-state index in [1.54, 1.807) is 11.1 Å². The number of ether oxygens (including phenoxy) is 1. The average molecular weight is 315 g/mol. The highest BCUT2D eigenvalue weighted by atomic mass is 16.5. The number of benzene rings is 1. The van der Waals surface area contributed by atoms with Crippen molar-refractivity contribution in [2.75, 3.05) is 25.0 Å². The molecule has 1 saturated heterocycles. The third-order valence-corrected chi connectivity index (χ3v) is 4.23. The van der Waals surface area contributed by atoms with Crippen molar-refractivity contribution < 1.29 is 14.3 Å². The molecule has 0 spiro atoms. The number of rotatable bonds is 3. The highest BCUT2D eigenvalue weighted by Crippen LogP contribution is 2.24. The number of urea groups is 1. The molecule has 0 unspecified atom stereocenters. The van der Waals surface area contributed by atoms with E-state index >= 15 is 0 Å². The van der Waals surface area contributed by atoms with E-state index in [4.69, 9.17) is 4.74 Å². The number of hydrogen-bond acceptors (Lipinski definition) is 3. The van der Waals surface area contributed by atoms with Gasteiger partial charge in [-0.3, -0.25) is 4.79 Å². The number of piperidine rings is 1. The molecule has 6 nitrogen and oxygen atoms in total. The molecule has 23 heavy (non-hydrogen) atoms. The molecule has 0 atom stereocenters. The van der Waals surface area contributed by atoms with Gasteiger partial charge < -0.3 is 19.9 Å². The molecule has 0 bridgehead atoms. The van der Waals surface area contributed by atoms with Crippen molar-refractivity contribution in [1.82, 2.24) is 9.88 Å². The van der Waals surface area contributed by atoms with Gasteiger partial charge in [-0.2, -0.15) is 0 Å². The minimum absolute atomic E-state index is 0.0907. The lowest BCUT2D eigenvalue weighted by Gasteiger charge is -2.30. The molecule has 1 aliphatic heterocycles. The van der Waals surface area contributed by atoms with Gasteiger partial charge in [-0.1, -0.05) is 18.2 Å². The molecule has 2 N–H and O–H groups in total. The maximum atomic E-state index is 12.4. The lowest BCUT2D eigenvalue weighted by molar-refractivity contribution is -0.149. The third kappa shape index (κ3) is 3.31. The Labute approximate surface area is 134 Å². The van der Waals surface area contributed by atoms with Gasteiger partial charge in [-0.15, -0.1) is 0 Å². The number of fused-ring (bicyclic) bond motifs is 1. The van der Waals surface area contributed by atoms with E-state index < -0.39 is 0 Å². The Balaban J connectivity index is 1.59. The number of nitrogens with zero attached hydrogens (tertiary/aromatic N) is 1. The zero-order valence-corrected chi connectivity index (χ0v) is 13.2. The lowest BCUT2D eigenvalue weighted by atomic mass is 9.97. The fourth-order valence-corrected chi connectivity index (χ4v) is 2.95. The summed E-state index contributed by atoms with van der Waals surface area (Å²) in [7, 11) is 0. The van der Waals surface area contributed by atoms with Crippen LogP contribution in [-0.2, 0) is 9.53 Å². The predicted molar refractivity (Wildman–Crippen MR) is 88.2 cm³/mol. The van der Waals surface area contributed by atoms with E-state index in [2.05, 4.69) is 10.3 Å². The van der Waals surface area contributed by atoms with Gasteiger partial charge in [0.15, 0.2) is 0 Å². The van der Waals surface area contributed by atoms with Crippen LogP contribution in [0.3, 0.4) is 0 Å². The standard InChI is InChI=1S/C17H21N3O3/c1-2-23-16(21)12-7-9-20(10-8-12)17(22)19-15-11-18-14-6-4-3-5-13(14)15/h3-6,11-12,18H,2,7-10H2,1H3,(H,19,22). The first-order valence-corrected chi connectivity index (χ1v) is 7.97. The van der Waals surface area contributed by atoms with Crippen LogP contribution >= 0.6 is 0 Å². The summed E-state index contributed by atoms with van der Waals surface area (Å²) in [4.78, 5) is 29.0. The summed E-state index contributed by atoms with van der Waals surface area (Å²) >= 11 is 0. The fraction of sp³-hybridized carbons (Fsp3) is 0.412. The number of H-pyrrole nitrogens is 1. The van der Waals surface area contributed by atoms with Crippen LogP contribution in [0, 0.1) is 5.92 Å². The Kier molecular flexibility index (Phi) is 4.50. The Morgan fingerprint density at radius 3 is 2.78 bits per heavy atom. The largest absolute Gasteiger partial charge is 0.466 e. The molecule has 0 saturated carbocycles. The smallest absolute Gasteiger partial charge is 0.321 e. The number of aromatic nitrogens is 1. The van der Waals surface area contributed by atoms with Crippen molar-refractivity contribution in [2.24, 2.45) is 5.92 Å². The molecule has 2 amide bonds. The zero-order chi connectivity index (χ0) is 16.2. The summed E-state index contributed by atoms with van der Waals surface area (Å²) in [5.74, 6) is -0.240. The Morgan fingerprint density at radius 2 is 2.04 bits per heavy atom. The fourth-order valence-electron chi connectivity index (χ4n) is 2.95. The van der Waals surface area contributed by atoms with E-state index in [0.29, 0.717) is 32.5 Å². The highest BCUT2D eigenvalue weighted by Gasteiger charge is 2.28. The molecular formula is C17H21N3O3. The number of nitrogens with one attached hydrogen (secondary N) is 2. The van der Waals surface area contributed by atoms with Gasteiger partial charge >= 0.3 is 12.0 Å². The molecule has 3 rings (SSSR count). The molecule has 6 heteroatoms. The second-order valence-electron chi connectivity index (χ2n) is 5.69. The summed E-state index contributed by atoms with van der Waals surface area (Å²) in [5.41, 5.74) is 1.77. The van der Waals surface area contributed by atoms with Gasteiger partial charge in [-0.25, -0.2) is 4.79 Å². The number of esters is 1. The lowest BCUT2D eigenvalue weighted by Crippen LogP contribution is -2.42. The summed E-state index contributed by atoms with van der Waals surface area (Å²) in [5, 5.41) is 3.93. The maximum absolute atomic E-state index is 12.4. The van der Waals surface area contributed by atoms with Crippen LogP contribution in [-0.4, -0.2) is 41.6 Å². The highest BCUT2D eigenvalue weighted by molar-refractivity contribution is 6.01. The van der Waals surface area contributed by atoms with E-state index in [0.717, 1.165) is 16.6 Å². The van der Waals surface area contributed by atoms with E-state index in [1.807, 2.05) is 31.2 Å². The topological polar surface area (TPSA) is 74.4 Å². The molecular weight excluding hydrogens is 294 g/mol. The van der Waals surface area contributed by atoms with E-state index in [9.17, 15) is 9.59 Å². The SMILES string of the molecule is CCOC(=O)C1CCN(C(=O)Nc2c[nH]c3ccccc23)CC1. The normalized spacial score (nSPS) is 15.6. The molecule has 1 fully saturated rings. The Bertz CT molecular complexity index is 702. The van der Waals surface area contributed by atoms with E-state index in [-0.39, 0.29) is 17.9 Å². The number of aromatic amines is 1. The number of para-hydroxylation sites is 1. The number of likely N-dealkylation sites (tertiary alicyclic amines) is 1. The predicted octanol–water partition coefficient (Wildman–Crippen LogP) is 2.97. The summed E-state index contributed by atoms with van der Waals surface area (Å²) in [6, 6.07) is 7.70. The van der Waals surface area contributed by atoms with Crippen LogP contribution in [0.4, 0.5) is 10.5 Å². The molecule has 2 heterocycles. The van der Waals surface area contributed by atoms with Gasteiger partial charge in [0.1, 0.15) is 0 Å². The van der Waals surface area contributed by atoms with Crippen LogP contribution in [0.15, 0.2) is 30.5 Å². The summed E-state index contributed by atoms with van der Waals surface area (Å²) in [6.07, 6.45) is 3.11. The van der Waals surface area contributed by atoms with Gasteiger partial charge in [0.05, 0.1) is 18.2 Å². The van der Waals surface area contributed by atoms with Crippen molar-refractivity contribution in [1.29, 1.82) is 0 Å². The third-order valence-electron chi connectivity index (χ3n) is 4.23.